The summed E-state index contributed by atoms with van der Waals surface area (Å²) in [5.74, 6) is -0.534. The molecule has 0 aromatic rings. The number of alkyl halides is 1. The summed E-state index contributed by atoms with van der Waals surface area (Å²) in [6.45, 7) is 4.14. The Morgan fingerprint density at radius 2 is 2.00 bits per heavy atom. The maximum atomic E-state index is 12.6. The van der Waals surface area contributed by atoms with Gasteiger partial charge in [-0.05, 0) is 5.92 Å². The van der Waals surface area contributed by atoms with Crippen LogP contribution in [-0.4, -0.2) is 32.5 Å². The van der Waals surface area contributed by atoms with Crippen LogP contribution in [0.25, 0.3) is 0 Å². The Morgan fingerprint density at radius 3 is 2.42 bits per heavy atom. The molecule has 0 aromatic heterocycles. The molecule has 0 N–H and O–H groups in total. The number of hydrogen-bond acceptors (Lipinski definition) is 3. The van der Waals surface area contributed by atoms with Crippen molar-refractivity contribution in [2.45, 2.75) is 20.0 Å². The third-order valence-electron chi connectivity index (χ3n) is 1.17. The predicted octanol–water partition coefficient (Wildman–Crippen LogP) is 1.17. The normalized spacial score (nSPS) is 13.1. The first-order valence-electron chi connectivity index (χ1n) is 3.87. The van der Waals surface area contributed by atoms with Gasteiger partial charge in [-0.15, -0.1) is 0 Å². The second-order valence-electron chi connectivity index (χ2n) is 2.92. The van der Waals surface area contributed by atoms with Gasteiger partial charge in [-0.3, -0.25) is 0 Å². The number of esters is 1. The van der Waals surface area contributed by atoms with E-state index in [1.165, 1.54) is 0 Å². The van der Waals surface area contributed by atoms with Crippen LogP contribution in [0.15, 0.2) is 0 Å². The lowest BCUT2D eigenvalue weighted by atomic mass is 10.2. The first kappa shape index (κ1) is 11.4. The van der Waals surface area contributed by atoms with Crippen molar-refractivity contribution in [2.24, 2.45) is 5.92 Å². The van der Waals surface area contributed by atoms with E-state index in [0.717, 1.165) is 7.11 Å². The maximum Gasteiger partial charge on any atom is 0.342 e. The Hall–Kier alpha value is -0.640. The average Bonchev–Trinajstić information content (AvgIpc) is 2.02. The highest BCUT2D eigenvalue weighted by Crippen LogP contribution is 1.98. The minimum atomic E-state index is -1.66. The molecule has 0 aromatic carbocycles. The van der Waals surface area contributed by atoms with E-state index in [-0.39, 0.29) is 6.61 Å². The molecule has 4 heteroatoms. The number of hydrogen-bond donors (Lipinski definition) is 0. The van der Waals surface area contributed by atoms with Gasteiger partial charge in [0.15, 0.2) is 0 Å². The van der Waals surface area contributed by atoms with E-state index in [1.807, 2.05) is 13.8 Å². The number of carbonyl (C=O) groups is 1. The summed E-state index contributed by atoms with van der Waals surface area (Å²) < 4.78 is 21.7. The Balaban J connectivity index is 3.43. The van der Waals surface area contributed by atoms with E-state index in [0.29, 0.717) is 12.5 Å². The lowest BCUT2D eigenvalue weighted by molar-refractivity contribution is -0.149. The van der Waals surface area contributed by atoms with Crippen LogP contribution in [0.2, 0.25) is 0 Å². The van der Waals surface area contributed by atoms with Crippen LogP contribution in [0.1, 0.15) is 13.8 Å². The topological polar surface area (TPSA) is 35.5 Å². The molecule has 0 rings (SSSR count). The van der Waals surface area contributed by atoms with Crippen LogP contribution < -0.4 is 0 Å². The maximum absolute atomic E-state index is 12.6. The van der Waals surface area contributed by atoms with Gasteiger partial charge in [0.1, 0.15) is 0 Å². The summed E-state index contributed by atoms with van der Waals surface area (Å²) in [6.07, 6.45) is -1.66. The minimum absolute atomic E-state index is 0.217. The number of ether oxygens (including phenoxy) is 2. The lowest BCUT2D eigenvalue weighted by Crippen LogP contribution is -2.23. The molecule has 0 saturated heterocycles. The van der Waals surface area contributed by atoms with Gasteiger partial charge in [0.05, 0.1) is 13.7 Å². The van der Waals surface area contributed by atoms with Crippen molar-refractivity contribution in [1.29, 1.82) is 0 Å². The smallest absolute Gasteiger partial charge is 0.342 e. The molecule has 0 radical (unpaired) electrons. The monoisotopic (exact) mass is 178 g/mol. The summed E-state index contributed by atoms with van der Waals surface area (Å²) in [7, 11) is 1.15. The van der Waals surface area contributed by atoms with Gasteiger partial charge in [-0.25, -0.2) is 9.18 Å². The summed E-state index contributed by atoms with van der Waals surface area (Å²) in [4.78, 5) is 10.5. The largest absolute Gasteiger partial charge is 0.467 e. The Bertz CT molecular complexity index is 136. The second kappa shape index (κ2) is 5.94. The average molecular weight is 178 g/mol. The molecule has 72 valence electrons. The molecule has 0 bridgehead atoms. The van der Waals surface area contributed by atoms with Crippen LogP contribution in [-0.2, 0) is 14.3 Å². The molecule has 0 aliphatic heterocycles. The zero-order valence-electron chi connectivity index (χ0n) is 7.67. The van der Waals surface area contributed by atoms with Crippen LogP contribution in [0.4, 0.5) is 4.39 Å². The zero-order valence-corrected chi connectivity index (χ0v) is 7.67. The molecule has 0 heterocycles. The van der Waals surface area contributed by atoms with Crippen molar-refractivity contribution >= 4 is 5.97 Å². The fraction of sp³-hybridized carbons (Fsp3) is 0.875. The minimum Gasteiger partial charge on any atom is -0.467 e. The Kier molecular flexibility index (Phi) is 5.62. The molecular formula is C8H15FO3. The van der Waals surface area contributed by atoms with Gasteiger partial charge in [-0.2, -0.15) is 0 Å². The molecule has 0 aliphatic rings. The van der Waals surface area contributed by atoms with Gasteiger partial charge >= 0.3 is 5.97 Å². The second-order valence-corrected chi connectivity index (χ2v) is 2.92. The Morgan fingerprint density at radius 1 is 1.42 bits per heavy atom. The first-order chi connectivity index (χ1) is 5.57. The van der Waals surface area contributed by atoms with Crippen LogP contribution >= 0.6 is 0 Å². The van der Waals surface area contributed by atoms with Gasteiger partial charge in [-0.1, -0.05) is 13.8 Å². The molecule has 0 spiro atoms. The molecule has 0 saturated carbocycles. The van der Waals surface area contributed by atoms with Gasteiger partial charge < -0.3 is 9.47 Å². The highest BCUT2D eigenvalue weighted by molar-refractivity contribution is 5.74. The summed E-state index contributed by atoms with van der Waals surface area (Å²) in [6, 6.07) is 0. The van der Waals surface area contributed by atoms with Crippen molar-refractivity contribution in [3.63, 3.8) is 0 Å². The van der Waals surface area contributed by atoms with Gasteiger partial charge in [0, 0.05) is 6.61 Å². The van der Waals surface area contributed by atoms with E-state index >= 15 is 0 Å². The molecule has 0 fully saturated rings. The molecule has 12 heavy (non-hydrogen) atoms. The van der Waals surface area contributed by atoms with Crippen molar-refractivity contribution in [1.82, 2.24) is 0 Å². The summed E-state index contributed by atoms with van der Waals surface area (Å²) >= 11 is 0. The summed E-state index contributed by atoms with van der Waals surface area (Å²) in [5, 5.41) is 0. The van der Waals surface area contributed by atoms with E-state index in [4.69, 9.17) is 4.74 Å². The van der Waals surface area contributed by atoms with Gasteiger partial charge in [0.2, 0.25) is 6.17 Å². The van der Waals surface area contributed by atoms with Crippen molar-refractivity contribution in [3.05, 3.63) is 0 Å². The van der Waals surface area contributed by atoms with Crippen LogP contribution in [0, 0.1) is 5.92 Å². The fourth-order valence-corrected chi connectivity index (χ4v) is 0.603. The van der Waals surface area contributed by atoms with E-state index in [2.05, 4.69) is 4.74 Å². The third-order valence-corrected chi connectivity index (χ3v) is 1.17. The lowest BCUT2D eigenvalue weighted by Gasteiger charge is -2.08. The molecular weight excluding hydrogens is 163 g/mol. The number of halogens is 1. The van der Waals surface area contributed by atoms with E-state index < -0.39 is 12.1 Å². The van der Waals surface area contributed by atoms with Gasteiger partial charge in [0.25, 0.3) is 0 Å². The number of methoxy groups -OCH3 is 1. The van der Waals surface area contributed by atoms with Crippen molar-refractivity contribution in [3.8, 4) is 0 Å². The fourth-order valence-electron chi connectivity index (χ4n) is 0.603. The first-order valence-corrected chi connectivity index (χ1v) is 3.87. The molecule has 0 amide bonds. The highest BCUT2D eigenvalue weighted by atomic mass is 19.1. The molecule has 3 nitrogen and oxygen atoms in total. The summed E-state index contributed by atoms with van der Waals surface area (Å²) in [5.41, 5.74) is 0. The number of rotatable bonds is 5. The van der Waals surface area contributed by atoms with Crippen molar-refractivity contribution < 1.29 is 18.7 Å². The van der Waals surface area contributed by atoms with E-state index in [1.54, 1.807) is 0 Å². The standard InChI is InChI=1S/C8H15FO3/c1-6(2)4-12-5-7(9)8(10)11-3/h6-7H,4-5H2,1-3H3. The molecule has 1 atom stereocenters. The highest BCUT2D eigenvalue weighted by Gasteiger charge is 2.17. The zero-order chi connectivity index (χ0) is 9.56. The third kappa shape index (κ3) is 5.07. The quantitative estimate of drug-likeness (QED) is 0.593. The molecule has 0 aliphatic carbocycles. The van der Waals surface area contributed by atoms with Crippen LogP contribution in [0.3, 0.4) is 0 Å². The van der Waals surface area contributed by atoms with Crippen molar-refractivity contribution in [2.75, 3.05) is 20.3 Å². The SMILES string of the molecule is COC(=O)C(F)COCC(C)C. The Labute approximate surface area is 71.8 Å². The van der Waals surface area contributed by atoms with E-state index in [9.17, 15) is 9.18 Å². The molecule has 1 unspecified atom stereocenters. The number of carbonyl (C=O) groups excluding carboxylic acids is 1. The predicted molar refractivity (Wildman–Crippen MR) is 42.6 cm³/mol. The van der Waals surface area contributed by atoms with Crippen LogP contribution in [0.5, 0.6) is 0 Å².